The summed E-state index contributed by atoms with van der Waals surface area (Å²) in [6, 6.07) is 4.79. The third kappa shape index (κ3) is 2.40. The molecule has 1 unspecified atom stereocenters. The van der Waals surface area contributed by atoms with Crippen molar-refractivity contribution >= 4 is 0 Å². The molecule has 0 saturated carbocycles. The van der Waals surface area contributed by atoms with Gasteiger partial charge in [-0.25, -0.2) is 0 Å². The third-order valence-electron chi connectivity index (χ3n) is 3.78. The lowest BCUT2D eigenvalue weighted by atomic mass is 9.83. The van der Waals surface area contributed by atoms with Crippen LogP contribution in [0.3, 0.4) is 0 Å². The van der Waals surface area contributed by atoms with Gasteiger partial charge in [0.2, 0.25) is 0 Å². The van der Waals surface area contributed by atoms with Gasteiger partial charge in [-0.05, 0) is 34.1 Å². The molecule has 2 rings (SSSR count). The van der Waals surface area contributed by atoms with Gasteiger partial charge < -0.3 is 4.74 Å². The van der Waals surface area contributed by atoms with Crippen LogP contribution in [0, 0.1) is 0 Å². The second-order valence-electron chi connectivity index (χ2n) is 5.90. The zero-order valence-corrected chi connectivity index (χ0v) is 11.7. The van der Waals surface area contributed by atoms with Gasteiger partial charge in [0, 0.05) is 5.92 Å². The van der Waals surface area contributed by atoms with Crippen LogP contribution in [0.25, 0.3) is 0 Å². The van der Waals surface area contributed by atoms with Gasteiger partial charge in [0.25, 0.3) is 0 Å². The molecule has 1 aliphatic heterocycles. The van der Waals surface area contributed by atoms with Gasteiger partial charge in [0.15, 0.2) is 0 Å². The smallest absolute Gasteiger partial charge is 0.0722 e. The lowest BCUT2D eigenvalue weighted by Crippen LogP contribution is -2.17. The van der Waals surface area contributed by atoms with Crippen LogP contribution in [0.1, 0.15) is 74.6 Å². The molecular weight excluding hydrogens is 208 g/mol. The first-order chi connectivity index (χ1) is 8.00. The van der Waals surface area contributed by atoms with Crippen molar-refractivity contribution < 1.29 is 4.74 Å². The summed E-state index contributed by atoms with van der Waals surface area (Å²) in [4.78, 5) is 0. The monoisotopic (exact) mass is 232 g/mol. The van der Waals surface area contributed by atoms with E-state index in [0.29, 0.717) is 17.8 Å². The first-order valence-electron chi connectivity index (χ1n) is 6.75. The van der Waals surface area contributed by atoms with E-state index in [-0.39, 0.29) is 0 Å². The Bertz CT molecular complexity index is 387. The molecule has 1 aromatic carbocycles. The number of hydrogen-bond acceptors (Lipinski definition) is 1. The van der Waals surface area contributed by atoms with Crippen molar-refractivity contribution in [3.05, 3.63) is 34.4 Å². The normalized spacial score (nSPS) is 19.8. The molecule has 1 nitrogen and oxygen atoms in total. The average Bonchev–Trinajstić information content (AvgIpc) is 2.28. The van der Waals surface area contributed by atoms with E-state index in [1.807, 2.05) is 0 Å². The summed E-state index contributed by atoms with van der Waals surface area (Å²) in [7, 11) is 0. The first-order valence-corrected chi connectivity index (χ1v) is 6.75. The van der Waals surface area contributed by atoms with E-state index in [4.69, 9.17) is 4.74 Å². The van der Waals surface area contributed by atoms with Crippen molar-refractivity contribution in [3.63, 3.8) is 0 Å². The van der Waals surface area contributed by atoms with Crippen molar-refractivity contribution in [2.45, 2.75) is 59.0 Å². The highest BCUT2D eigenvalue weighted by Gasteiger charge is 2.22. The molecule has 0 radical (unpaired) electrons. The van der Waals surface area contributed by atoms with Crippen LogP contribution in [0.4, 0.5) is 0 Å². The maximum Gasteiger partial charge on any atom is 0.0722 e. The standard InChI is InChI=1S/C16H24O/c1-10(2)13-6-14(11(3)4)16-9-17-8-12(5)15(16)7-13/h6-7,10-12H,8-9H2,1-5H3. The molecule has 1 aliphatic rings. The average molecular weight is 232 g/mol. The second-order valence-corrected chi connectivity index (χ2v) is 5.90. The lowest BCUT2D eigenvalue weighted by molar-refractivity contribution is 0.0941. The fourth-order valence-corrected chi connectivity index (χ4v) is 2.62. The molecule has 1 atom stereocenters. The largest absolute Gasteiger partial charge is 0.376 e. The maximum absolute atomic E-state index is 5.70. The summed E-state index contributed by atoms with van der Waals surface area (Å²) in [5.41, 5.74) is 5.92. The van der Waals surface area contributed by atoms with Crippen molar-refractivity contribution in [2.24, 2.45) is 0 Å². The van der Waals surface area contributed by atoms with Crippen molar-refractivity contribution in [2.75, 3.05) is 6.61 Å². The Balaban J connectivity index is 2.58. The molecule has 17 heavy (non-hydrogen) atoms. The van der Waals surface area contributed by atoms with Crippen LogP contribution >= 0.6 is 0 Å². The maximum atomic E-state index is 5.70. The van der Waals surface area contributed by atoms with Crippen LogP contribution in [0.2, 0.25) is 0 Å². The Hall–Kier alpha value is -0.820. The van der Waals surface area contributed by atoms with Gasteiger partial charge in [-0.1, -0.05) is 46.8 Å². The molecule has 0 N–H and O–H groups in total. The molecule has 94 valence electrons. The summed E-state index contributed by atoms with van der Waals surface area (Å²) in [6.45, 7) is 13.0. The minimum Gasteiger partial charge on any atom is -0.376 e. The predicted octanol–water partition coefficient (Wildman–Crippen LogP) is 4.57. The highest BCUT2D eigenvalue weighted by atomic mass is 16.5. The molecular formula is C16H24O. The van der Waals surface area contributed by atoms with E-state index >= 15 is 0 Å². The SMILES string of the molecule is CC(C)c1cc(C(C)C)c2c(c1)C(C)COC2. The minimum absolute atomic E-state index is 0.537. The second kappa shape index (κ2) is 4.81. The van der Waals surface area contributed by atoms with Crippen LogP contribution in [-0.4, -0.2) is 6.61 Å². The molecule has 0 amide bonds. The summed E-state index contributed by atoms with van der Waals surface area (Å²) in [5.74, 6) is 1.72. The quantitative estimate of drug-likeness (QED) is 0.726. The minimum atomic E-state index is 0.537. The van der Waals surface area contributed by atoms with Crippen molar-refractivity contribution in [1.29, 1.82) is 0 Å². The fourth-order valence-electron chi connectivity index (χ4n) is 2.62. The molecule has 0 fully saturated rings. The van der Waals surface area contributed by atoms with E-state index in [2.05, 4.69) is 46.8 Å². The van der Waals surface area contributed by atoms with E-state index in [9.17, 15) is 0 Å². The number of fused-ring (bicyclic) bond motifs is 1. The van der Waals surface area contributed by atoms with Gasteiger partial charge in [0.05, 0.1) is 13.2 Å². The lowest BCUT2D eigenvalue weighted by Gasteiger charge is -2.28. The highest BCUT2D eigenvalue weighted by molar-refractivity contribution is 5.44. The van der Waals surface area contributed by atoms with Gasteiger partial charge in [-0.2, -0.15) is 0 Å². The Morgan fingerprint density at radius 2 is 1.82 bits per heavy atom. The number of hydrogen-bond donors (Lipinski definition) is 0. The first kappa shape index (κ1) is 12.6. The van der Waals surface area contributed by atoms with Gasteiger partial charge in [0.1, 0.15) is 0 Å². The Labute approximate surface area is 105 Å². The Morgan fingerprint density at radius 1 is 1.12 bits per heavy atom. The van der Waals surface area contributed by atoms with Gasteiger partial charge >= 0.3 is 0 Å². The number of ether oxygens (including phenoxy) is 1. The molecule has 0 aliphatic carbocycles. The molecule has 0 spiro atoms. The van der Waals surface area contributed by atoms with Crippen molar-refractivity contribution in [1.82, 2.24) is 0 Å². The topological polar surface area (TPSA) is 9.23 Å². The summed E-state index contributed by atoms with van der Waals surface area (Å²) in [5, 5.41) is 0. The summed E-state index contributed by atoms with van der Waals surface area (Å²) in [6.07, 6.45) is 0. The molecule has 0 saturated heterocycles. The zero-order valence-electron chi connectivity index (χ0n) is 11.7. The molecule has 1 heterocycles. The van der Waals surface area contributed by atoms with Crippen molar-refractivity contribution in [3.8, 4) is 0 Å². The zero-order chi connectivity index (χ0) is 12.6. The van der Waals surface area contributed by atoms with E-state index in [0.717, 1.165) is 13.2 Å². The van der Waals surface area contributed by atoms with Crippen LogP contribution < -0.4 is 0 Å². The fraction of sp³-hybridized carbons (Fsp3) is 0.625. The highest BCUT2D eigenvalue weighted by Crippen LogP contribution is 2.35. The molecule has 0 aromatic heterocycles. The summed E-state index contributed by atoms with van der Waals surface area (Å²) >= 11 is 0. The van der Waals surface area contributed by atoms with Gasteiger partial charge in [-0.3, -0.25) is 0 Å². The van der Waals surface area contributed by atoms with E-state index in [1.54, 1.807) is 0 Å². The third-order valence-corrected chi connectivity index (χ3v) is 3.78. The number of benzene rings is 1. The number of rotatable bonds is 2. The van der Waals surface area contributed by atoms with Crippen LogP contribution in [0.5, 0.6) is 0 Å². The van der Waals surface area contributed by atoms with Crippen LogP contribution in [-0.2, 0) is 11.3 Å². The van der Waals surface area contributed by atoms with E-state index in [1.165, 1.54) is 22.3 Å². The molecule has 1 heteroatoms. The Morgan fingerprint density at radius 3 is 2.41 bits per heavy atom. The summed E-state index contributed by atoms with van der Waals surface area (Å²) < 4.78 is 5.70. The Kier molecular flexibility index (Phi) is 3.58. The van der Waals surface area contributed by atoms with Gasteiger partial charge in [-0.15, -0.1) is 0 Å². The van der Waals surface area contributed by atoms with Crippen LogP contribution in [0.15, 0.2) is 12.1 Å². The van der Waals surface area contributed by atoms with E-state index < -0.39 is 0 Å². The molecule has 1 aromatic rings. The predicted molar refractivity (Wildman–Crippen MR) is 72.7 cm³/mol. The molecule has 0 bridgehead atoms.